The fraction of sp³-hybridized carbons (Fsp3) is 0.529. The van der Waals surface area contributed by atoms with E-state index in [4.69, 9.17) is 14.8 Å². The van der Waals surface area contributed by atoms with Crippen LogP contribution in [0.15, 0.2) is 36.5 Å². The summed E-state index contributed by atoms with van der Waals surface area (Å²) in [5.74, 6) is 0.940. The van der Waals surface area contributed by atoms with Crippen molar-refractivity contribution in [2.45, 2.75) is 45.1 Å². The van der Waals surface area contributed by atoms with Crippen molar-refractivity contribution in [1.82, 2.24) is 10.6 Å². The van der Waals surface area contributed by atoms with Crippen molar-refractivity contribution in [2.75, 3.05) is 6.61 Å². The van der Waals surface area contributed by atoms with E-state index >= 15 is 0 Å². The minimum absolute atomic E-state index is 0.184. The third kappa shape index (κ3) is 9.12. The highest BCUT2D eigenvalue weighted by atomic mass is 16.5. The summed E-state index contributed by atoms with van der Waals surface area (Å²) in [6.07, 6.45) is 9.53. The highest BCUT2D eigenvalue weighted by Crippen LogP contribution is 2.23. The van der Waals surface area contributed by atoms with Crippen molar-refractivity contribution in [2.24, 2.45) is 5.92 Å². The van der Waals surface area contributed by atoms with Gasteiger partial charge in [0, 0.05) is 5.70 Å². The number of nitrogens with one attached hydrogen (secondary N) is 2. The predicted molar refractivity (Wildman–Crippen MR) is 96.3 cm³/mol. The van der Waals surface area contributed by atoms with Crippen LogP contribution in [0.1, 0.15) is 39.0 Å². The average Bonchev–Trinajstić information content (AvgIpc) is 2.58. The van der Waals surface area contributed by atoms with Gasteiger partial charge in [0.15, 0.2) is 0 Å². The van der Waals surface area contributed by atoms with Crippen molar-refractivity contribution in [3.8, 4) is 0 Å². The van der Waals surface area contributed by atoms with E-state index in [2.05, 4.69) is 17.2 Å². The molecule has 1 fully saturated rings. The smallest absolute Gasteiger partial charge is 0.449 e. The zero-order valence-corrected chi connectivity index (χ0v) is 14.6. The Balaban J connectivity index is 2.44. The monoisotopic (exact) mass is 350 g/mol. The quantitative estimate of drug-likeness (QED) is 0.391. The molecule has 0 saturated heterocycles. The molecule has 0 bridgehead atoms. The molecule has 0 heterocycles. The van der Waals surface area contributed by atoms with Crippen LogP contribution < -0.4 is 10.6 Å². The second-order valence-corrected chi connectivity index (χ2v) is 6.09. The third-order valence-electron chi connectivity index (χ3n) is 3.91. The Labute approximate surface area is 149 Å². The first-order valence-electron chi connectivity index (χ1n) is 8.53. The van der Waals surface area contributed by atoms with Gasteiger partial charge >= 0.3 is 13.2 Å². The second kappa shape index (κ2) is 11.5. The van der Waals surface area contributed by atoms with Crippen molar-refractivity contribution >= 4 is 19.1 Å². The van der Waals surface area contributed by atoms with Crippen LogP contribution in [0.4, 0.5) is 4.79 Å². The van der Waals surface area contributed by atoms with Gasteiger partial charge in [-0.1, -0.05) is 38.0 Å². The fourth-order valence-corrected chi connectivity index (χ4v) is 2.55. The fourth-order valence-electron chi connectivity index (χ4n) is 2.55. The lowest BCUT2D eigenvalue weighted by atomic mass is 9.90. The molecular formula is C17H27BN2O5. The molecule has 7 nitrogen and oxygen atoms in total. The normalized spacial score (nSPS) is 17.0. The molecule has 1 aliphatic carbocycles. The number of allylic oxidation sites excluding steroid dienone is 3. The van der Waals surface area contributed by atoms with E-state index < -0.39 is 25.2 Å². The Bertz CT molecular complexity index is 513. The van der Waals surface area contributed by atoms with Gasteiger partial charge in [0.25, 0.3) is 0 Å². The minimum Gasteiger partial charge on any atom is -0.449 e. The number of hydrogen-bond acceptors (Lipinski definition) is 5. The van der Waals surface area contributed by atoms with Crippen LogP contribution in [-0.2, 0) is 9.53 Å². The Morgan fingerprint density at radius 1 is 1.32 bits per heavy atom. The maximum Gasteiger partial charge on any atom is 0.482 e. The van der Waals surface area contributed by atoms with Crippen molar-refractivity contribution < 1.29 is 24.4 Å². The van der Waals surface area contributed by atoms with E-state index in [9.17, 15) is 9.59 Å². The summed E-state index contributed by atoms with van der Waals surface area (Å²) < 4.78 is 5.18. The van der Waals surface area contributed by atoms with E-state index in [1.165, 1.54) is 44.4 Å². The van der Waals surface area contributed by atoms with Gasteiger partial charge < -0.3 is 25.4 Å². The van der Waals surface area contributed by atoms with Gasteiger partial charge in [-0.2, -0.15) is 0 Å². The molecule has 1 aliphatic rings. The molecule has 25 heavy (non-hydrogen) atoms. The maximum atomic E-state index is 12.1. The number of hydrogen-bond donors (Lipinski definition) is 4. The van der Waals surface area contributed by atoms with E-state index in [0.717, 1.165) is 18.8 Å². The molecular weight excluding hydrogens is 323 g/mol. The molecule has 0 aromatic heterocycles. The second-order valence-electron chi connectivity index (χ2n) is 6.09. The summed E-state index contributed by atoms with van der Waals surface area (Å²) >= 11 is 0. The lowest BCUT2D eigenvalue weighted by molar-refractivity contribution is -0.121. The SMILES string of the molecule is C=C/C=C\C(=C\B(O)O)NC(=O)C(C)NC(=O)OCC1CCCCC1. The van der Waals surface area contributed by atoms with E-state index in [1.807, 2.05) is 0 Å². The Kier molecular flexibility index (Phi) is 9.65. The molecule has 138 valence electrons. The molecule has 0 aliphatic heterocycles. The van der Waals surface area contributed by atoms with Gasteiger partial charge in [-0.25, -0.2) is 4.79 Å². The molecule has 0 spiro atoms. The molecule has 1 rings (SSSR count). The zero-order chi connectivity index (χ0) is 18.7. The van der Waals surface area contributed by atoms with Gasteiger partial charge in [0.2, 0.25) is 5.91 Å². The van der Waals surface area contributed by atoms with Crippen LogP contribution in [0, 0.1) is 5.92 Å². The van der Waals surface area contributed by atoms with Crippen LogP contribution in [0.2, 0.25) is 0 Å². The van der Waals surface area contributed by atoms with E-state index in [1.54, 1.807) is 0 Å². The molecule has 0 aromatic rings. The molecule has 1 saturated carbocycles. The lowest BCUT2D eigenvalue weighted by Gasteiger charge is -2.21. The number of ether oxygens (including phenoxy) is 1. The number of alkyl carbamates (subject to hydrolysis) is 1. The third-order valence-corrected chi connectivity index (χ3v) is 3.91. The standard InChI is InChI=1S/C17H27BN2O5/c1-3-4-10-15(11-18(23)24)20-16(21)13(2)19-17(22)25-12-14-8-6-5-7-9-14/h3-4,10-11,13-14,23-24H,1,5-9,12H2,2H3,(H,19,22)(H,20,21)/b10-4-,15-11-. The van der Waals surface area contributed by atoms with Gasteiger partial charge in [0.05, 0.1) is 6.61 Å². The average molecular weight is 350 g/mol. The largest absolute Gasteiger partial charge is 0.482 e. The lowest BCUT2D eigenvalue weighted by Crippen LogP contribution is -2.45. The summed E-state index contributed by atoms with van der Waals surface area (Å²) in [6, 6.07) is -0.838. The van der Waals surface area contributed by atoms with Gasteiger partial charge in [-0.15, -0.1) is 0 Å². The highest BCUT2D eigenvalue weighted by molar-refractivity contribution is 6.47. The maximum absolute atomic E-state index is 12.1. The Hall–Kier alpha value is -2.06. The van der Waals surface area contributed by atoms with Gasteiger partial charge in [-0.3, -0.25) is 4.79 Å². The molecule has 8 heteroatoms. The summed E-state index contributed by atoms with van der Waals surface area (Å²) in [7, 11) is -1.71. The number of rotatable bonds is 8. The van der Waals surface area contributed by atoms with Crippen molar-refractivity contribution in [3.63, 3.8) is 0 Å². The number of carbonyl (C=O) groups excluding carboxylic acids is 2. The summed E-state index contributed by atoms with van der Waals surface area (Å²) in [6.45, 7) is 5.38. The van der Waals surface area contributed by atoms with Crippen LogP contribution >= 0.6 is 0 Å². The summed E-state index contributed by atoms with van der Waals surface area (Å²) in [5, 5.41) is 22.9. The molecule has 2 amide bonds. The summed E-state index contributed by atoms with van der Waals surface area (Å²) in [5.41, 5.74) is 0.184. The van der Waals surface area contributed by atoms with Crippen molar-refractivity contribution in [1.29, 1.82) is 0 Å². The molecule has 0 radical (unpaired) electrons. The number of amides is 2. The van der Waals surface area contributed by atoms with Crippen LogP contribution in [0.5, 0.6) is 0 Å². The first-order chi connectivity index (χ1) is 11.9. The van der Waals surface area contributed by atoms with Gasteiger partial charge in [0.1, 0.15) is 6.04 Å². The Morgan fingerprint density at radius 2 is 2.00 bits per heavy atom. The van der Waals surface area contributed by atoms with E-state index in [0.29, 0.717) is 12.5 Å². The van der Waals surface area contributed by atoms with Crippen LogP contribution in [0.25, 0.3) is 0 Å². The highest BCUT2D eigenvalue weighted by Gasteiger charge is 2.19. The predicted octanol–water partition coefficient (Wildman–Crippen LogP) is 1.44. The molecule has 1 unspecified atom stereocenters. The van der Waals surface area contributed by atoms with Crippen LogP contribution in [0.3, 0.4) is 0 Å². The number of carbonyl (C=O) groups is 2. The van der Waals surface area contributed by atoms with Gasteiger partial charge in [-0.05, 0) is 37.7 Å². The summed E-state index contributed by atoms with van der Waals surface area (Å²) in [4.78, 5) is 23.9. The zero-order valence-electron chi connectivity index (χ0n) is 14.6. The minimum atomic E-state index is -1.71. The first-order valence-corrected chi connectivity index (χ1v) is 8.53. The van der Waals surface area contributed by atoms with E-state index in [-0.39, 0.29) is 5.70 Å². The molecule has 0 aromatic carbocycles. The van der Waals surface area contributed by atoms with Crippen LogP contribution in [-0.4, -0.2) is 41.8 Å². The van der Waals surface area contributed by atoms with Crippen molar-refractivity contribution in [3.05, 3.63) is 36.5 Å². The first kappa shape index (κ1) is 21.0. The molecule has 4 N–H and O–H groups in total. The Morgan fingerprint density at radius 3 is 2.60 bits per heavy atom. The molecule has 1 atom stereocenters. The topological polar surface area (TPSA) is 108 Å².